The molecule has 2 rings (SSSR count). The summed E-state index contributed by atoms with van der Waals surface area (Å²) in [5.74, 6) is 0. The SMILES string of the molecule is C[C@@H]1CCC[C@H](C)N1S(=O)(=O)c1cccc(Cl)c1. The predicted octanol–water partition coefficient (Wildman–Crippen LogP) is 3.29. The van der Waals surface area contributed by atoms with E-state index in [1.165, 1.54) is 6.07 Å². The Morgan fingerprint density at radius 2 is 1.83 bits per heavy atom. The Morgan fingerprint density at radius 1 is 1.22 bits per heavy atom. The molecular formula is C13H18ClNO2S. The quantitative estimate of drug-likeness (QED) is 0.837. The van der Waals surface area contributed by atoms with Crippen LogP contribution in [-0.2, 0) is 10.0 Å². The molecule has 0 aliphatic carbocycles. The third kappa shape index (κ3) is 2.56. The standard InChI is InChI=1S/C13H18ClNO2S/c1-10-5-3-6-11(2)15(10)18(16,17)13-8-4-7-12(14)9-13/h4,7-11H,3,5-6H2,1-2H3/t10-,11+. The smallest absolute Gasteiger partial charge is 0.207 e. The lowest BCUT2D eigenvalue weighted by atomic mass is 10.0. The molecule has 2 atom stereocenters. The van der Waals surface area contributed by atoms with Gasteiger partial charge in [0.25, 0.3) is 0 Å². The van der Waals surface area contributed by atoms with Crippen LogP contribution in [0.2, 0.25) is 5.02 Å². The molecule has 100 valence electrons. The Morgan fingerprint density at radius 3 is 2.39 bits per heavy atom. The van der Waals surface area contributed by atoms with E-state index in [-0.39, 0.29) is 17.0 Å². The molecule has 0 amide bonds. The molecule has 0 N–H and O–H groups in total. The highest BCUT2D eigenvalue weighted by Crippen LogP contribution is 2.30. The summed E-state index contributed by atoms with van der Waals surface area (Å²) in [5, 5.41) is 0.452. The van der Waals surface area contributed by atoms with E-state index >= 15 is 0 Å². The van der Waals surface area contributed by atoms with E-state index in [1.807, 2.05) is 13.8 Å². The van der Waals surface area contributed by atoms with Crippen molar-refractivity contribution in [3.63, 3.8) is 0 Å². The van der Waals surface area contributed by atoms with Crippen LogP contribution in [0.25, 0.3) is 0 Å². The summed E-state index contributed by atoms with van der Waals surface area (Å²) < 4.78 is 26.9. The molecule has 1 saturated heterocycles. The second kappa shape index (κ2) is 5.19. The second-order valence-corrected chi connectivity index (χ2v) is 7.20. The maximum Gasteiger partial charge on any atom is 0.243 e. The van der Waals surface area contributed by atoms with Crippen LogP contribution in [0.1, 0.15) is 33.1 Å². The molecular weight excluding hydrogens is 270 g/mol. The molecule has 18 heavy (non-hydrogen) atoms. The van der Waals surface area contributed by atoms with Gasteiger partial charge in [-0.05, 0) is 44.9 Å². The fourth-order valence-electron chi connectivity index (χ4n) is 2.62. The van der Waals surface area contributed by atoms with Crippen molar-refractivity contribution in [3.05, 3.63) is 29.3 Å². The molecule has 5 heteroatoms. The molecule has 1 heterocycles. The predicted molar refractivity (Wildman–Crippen MR) is 73.3 cm³/mol. The first-order valence-corrected chi connectivity index (χ1v) is 8.04. The summed E-state index contributed by atoms with van der Waals surface area (Å²) in [6.45, 7) is 3.94. The van der Waals surface area contributed by atoms with Crippen LogP contribution < -0.4 is 0 Å². The first-order valence-electron chi connectivity index (χ1n) is 6.22. The van der Waals surface area contributed by atoms with E-state index < -0.39 is 10.0 Å². The van der Waals surface area contributed by atoms with E-state index in [0.717, 1.165) is 19.3 Å². The highest BCUT2D eigenvalue weighted by molar-refractivity contribution is 7.89. The largest absolute Gasteiger partial charge is 0.243 e. The van der Waals surface area contributed by atoms with Gasteiger partial charge in [0.15, 0.2) is 0 Å². The molecule has 0 bridgehead atoms. The topological polar surface area (TPSA) is 37.4 Å². The fraction of sp³-hybridized carbons (Fsp3) is 0.538. The molecule has 0 aromatic heterocycles. The summed E-state index contributed by atoms with van der Waals surface area (Å²) in [6.07, 6.45) is 2.93. The van der Waals surface area contributed by atoms with Crippen molar-refractivity contribution < 1.29 is 8.42 Å². The minimum Gasteiger partial charge on any atom is -0.207 e. The number of hydrogen-bond acceptors (Lipinski definition) is 2. The van der Waals surface area contributed by atoms with Crippen LogP contribution in [0.3, 0.4) is 0 Å². The van der Waals surface area contributed by atoms with Crippen LogP contribution in [-0.4, -0.2) is 24.8 Å². The number of halogens is 1. The van der Waals surface area contributed by atoms with Crippen molar-refractivity contribution in [2.75, 3.05) is 0 Å². The van der Waals surface area contributed by atoms with Crippen molar-refractivity contribution in [2.45, 2.75) is 50.1 Å². The summed E-state index contributed by atoms with van der Waals surface area (Å²) in [4.78, 5) is 0.288. The Balaban J connectivity index is 2.41. The van der Waals surface area contributed by atoms with Gasteiger partial charge in [0, 0.05) is 17.1 Å². The molecule has 0 unspecified atom stereocenters. The second-order valence-electron chi connectivity index (χ2n) is 4.92. The van der Waals surface area contributed by atoms with Crippen LogP contribution in [0.4, 0.5) is 0 Å². The molecule has 1 aromatic rings. The first-order chi connectivity index (χ1) is 8.43. The van der Waals surface area contributed by atoms with E-state index in [1.54, 1.807) is 22.5 Å². The number of hydrogen-bond donors (Lipinski definition) is 0. The normalized spacial score (nSPS) is 26.2. The first kappa shape index (κ1) is 13.8. The van der Waals surface area contributed by atoms with Crippen molar-refractivity contribution >= 4 is 21.6 Å². The Bertz CT molecular complexity index is 520. The van der Waals surface area contributed by atoms with Gasteiger partial charge in [-0.15, -0.1) is 0 Å². The monoisotopic (exact) mass is 287 g/mol. The lowest BCUT2D eigenvalue weighted by Crippen LogP contribution is -2.47. The van der Waals surface area contributed by atoms with E-state index in [0.29, 0.717) is 5.02 Å². The van der Waals surface area contributed by atoms with Gasteiger partial charge in [0.2, 0.25) is 10.0 Å². The molecule has 1 aromatic carbocycles. The number of benzene rings is 1. The summed E-state index contributed by atoms with van der Waals surface area (Å²) >= 11 is 5.88. The fourth-order valence-corrected chi connectivity index (χ4v) is 4.80. The summed E-state index contributed by atoms with van der Waals surface area (Å²) in [6, 6.07) is 6.59. The van der Waals surface area contributed by atoms with Gasteiger partial charge in [-0.25, -0.2) is 8.42 Å². The summed E-state index contributed by atoms with van der Waals surface area (Å²) in [5.41, 5.74) is 0. The lowest BCUT2D eigenvalue weighted by Gasteiger charge is -2.37. The zero-order chi connectivity index (χ0) is 13.3. The number of nitrogens with zero attached hydrogens (tertiary/aromatic N) is 1. The highest BCUT2D eigenvalue weighted by Gasteiger charge is 2.35. The van der Waals surface area contributed by atoms with Crippen molar-refractivity contribution in [2.24, 2.45) is 0 Å². The Labute approximate surface area is 114 Å². The Kier molecular flexibility index (Phi) is 3.99. The molecule has 0 radical (unpaired) electrons. The number of rotatable bonds is 2. The molecule has 0 spiro atoms. The van der Waals surface area contributed by atoms with Crippen LogP contribution in [0.15, 0.2) is 29.2 Å². The highest BCUT2D eigenvalue weighted by atomic mass is 35.5. The maximum absolute atomic E-state index is 12.6. The number of piperidine rings is 1. The zero-order valence-corrected chi connectivity index (χ0v) is 12.2. The maximum atomic E-state index is 12.6. The Hall–Kier alpha value is -0.580. The van der Waals surface area contributed by atoms with Gasteiger partial charge in [-0.3, -0.25) is 0 Å². The van der Waals surface area contributed by atoms with Crippen LogP contribution >= 0.6 is 11.6 Å². The molecule has 1 aliphatic rings. The van der Waals surface area contributed by atoms with Gasteiger partial charge in [-0.1, -0.05) is 24.1 Å². The van der Waals surface area contributed by atoms with Gasteiger partial charge < -0.3 is 0 Å². The average molecular weight is 288 g/mol. The van der Waals surface area contributed by atoms with Crippen molar-refractivity contribution in [1.82, 2.24) is 4.31 Å². The van der Waals surface area contributed by atoms with E-state index in [9.17, 15) is 8.42 Å². The molecule has 3 nitrogen and oxygen atoms in total. The lowest BCUT2D eigenvalue weighted by molar-refractivity contribution is 0.204. The van der Waals surface area contributed by atoms with Crippen LogP contribution in [0.5, 0.6) is 0 Å². The minimum absolute atomic E-state index is 0.0535. The van der Waals surface area contributed by atoms with Gasteiger partial charge in [0.05, 0.1) is 4.90 Å². The molecule has 1 fully saturated rings. The van der Waals surface area contributed by atoms with Crippen molar-refractivity contribution in [3.8, 4) is 0 Å². The van der Waals surface area contributed by atoms with E-state index in [4.69, 9.17) is 11.6 Å². The molecule has 1 aliphatic heterocycles. The molecule has 0 saturated carbocycles. The summed E-state index contributed by atoms with van der Waals surface area (Å²) in [7, 11) is -3.43. The van der Waals surface area contributed by atoms with E-state index in [2.05, 4.69) is 0 Å². The third-order valence-electron chi connectivity index (χ3n) is 3.48. The van der Waals surface area contributed by atoms with Gasteiger partial charge in [-0.2, -0.15) is 4.31 Å². The van der Waals surface area contributed by atoms with Crippen molar-refractivity contribution in [1.29, 1.82) is 0 Å². The minimum atomic E-state index is -3.43. The van der Waals surface area contributed by atoms with Crippen LogP contribution in [0, 0.1) is 0 Å². The van der Waals surface area contributed by atoms with Gasteiger partial charge >= 0.3 is 0 Å². The average Bonchev–Trinajstić information content (AvgIpc) is 2.28. The zero-order valence-electron chi connectivity index (χ0n) is 10.6. The van der Waals surface area contributed by atoms with Gasteiger partial charge in [0.1, 0.15) is 0 Å². The number of sulfonamides is 1. The third-order valence-corrected chi connectivity index (χ3v) is 5.84.